The largest absolute Gasteiger partial charge is 0.495 e. The van der Waals surface area contributed by atoms with Crippen molar-refractivity contribution in [2.45, 2.75) is 12.5 Å². The molecule has 1 rings (SSSR count). The van der Waals surface area contributed by atoms with Crippen molar-refractivity contribution in [1.29, 1.82) is 0 Å². The summed E-state index contributed by atoms with van der Waals surface area (Å²) in [6.45, 7) is 0. The third-order valence-corrected chi connectivity index (χ3v) is 2.49. The van der Waals surface area contributed by atoms with Crippen LogP contribution in [0, 0.1) is 0 Å². The van der Waals surface area contributed by atoms with E-state index in [1.165, 1.54) is 14.2 Å². The molecule has 0 aliphatic heterocycles. The molecule has 0 aliphatic rings. The molecule has 0 aromatic heterocycles. The molecule has 16 heavy (non-hydrogen) atoms. The zero-order valence-corrected chi connectivity index (χ0v) is 9.82. The van der Waals surface area contributed by atoms with E-state index in [2.05, 4.69) is 0 Å². The molecule has 0 spiro atoms. The lowest BCUT2D eigenvalue weighted by atomic mass is 10.1. The Bertz CT molecular complexity index is 378. The van der Waals surface area contributed by atoms with Gasteiger partial charge in [0.05, 0.1) is 12.1 Å². The number of carbonyl (C=O) groups is 1. The van der Waals surface area contributed by atoms with Gasteiger partial charge >= 0.3 is 5.97 Å². The zero-order chi connectivity index (χ0) is 12.1. The van der Waals surface area contributed by atoms with Crippen molar-refractivity contribution in [3.63, 3.8) is 0 Å². The van der Waals surface area contributed by atoms with Crippen LogP contribution in [0.25, 0.3) is 0 Å². The summed E-state index contributed by atoms with van der Waals surface area (Å²) in [6, 6.07) is 5.14. The van der Waals surface area contributed by atoms with Gasteiger partial charge in [0, 0.05) is 13.5 Å². The first-order valence-corrected chi connectivity index (χ1v) is 5.04. The van der Waals surface area contributed by atoms with Gasteiger partial charge in [-0.3, -0.25) is 0 Å². The quantitative estimate of drug-likeness (QED) is 0.861. The summed E-state index contributed by atoms with van der Waals surface area (Å²) in [5, 5.41) is 9.28. The molecule has 88 valence electrons. The highest BCUT2D eigenvalue weighted by Gasteiger charge is 2.17. The van der Waals surface area contributed by atoms with Crippen molar-refractivity contribution in [3.05, 3.63) is 28.8 Å². The molecule has 0 saturated heterocycles. The summed E-state index contributed by atoms with van der Waals surface area (Å²) in [5.74, 6) is -0.427. The minimum atomic E-state index is -0.991. The molecular weight excluding hydrogens is 232 g/mol. The van der Waals surface area contributed by atoms with E-state index >= 15 is 0 Å². The molecule has 5 heteroatoms. The van der Waals surface area contributed by atoms with E-state index in [1.807, 2.05) is 0 Å². The molecular formula is C11H13ClO4. The van der Waals surface area contributed by atoms with Crippen LogP contribution >= 0.6 is 11.6 Å². The number of halogens is 1. The second-order valence-electron chi connectivity index (χ2n) is 3.24. The maximum atomic E-state index is 10.8. The molecule has 4 nitrogen and oxygen atoms in total. The molecule has 0 saturated carbocycles. The van der Waals surface area contributed by atoms with Gasteiger partial charge in [0.2, 0.25) is 0 Å². The third-order valence-electron chi connectivity index (χ3n) is 2.20. The molecule has 1 aromatic rings. The molecule has 0 bridgehead atoms. The van der Waals surface area contributed by atoms with E-state index in [-0.39, 0.29) is 6.42 Å². The fraction of sp³-hybridized carbons (Fsp3) is 0.364. The number of methoxy groups -OCH3 is 2. The normalized spacial score (nSPS) is 12.2. The molecule has 0 aliphatic carbocycles. The first kappa shape index (κ1) is 12.8. The average Bonchev–Trinajstić information content (AvgIpc) is 2.25. The van der Waals surface area contributed by atoms with E-state index in [0.29, 0.717) is 10.8 Å². The number of carboxylic acids is 1. The van der Waals surface area contributed by atoms with Crippen molar-refractivity contribution in [2.75, 3.05) is 14.2 Å². The van der Waals surface area contributed by atoms with Crippen LogP contribution in [0.5, 0.6) is 5.75 Å². The fourth-order valence-electron chi connectivity index (χ4n) is 1.32. The highest BCUT2D eigenvalue weighted by Crippen LogP contribution is 2.25. The Morgan fingerprint density at radius 1 is 1.50 bits per heavy atom. The summed E-state index contributed by atoms with van der Waals surface area (Å²) in [4.78, 5) is 10.8. The van der Waals surface area contributed by atoms with Crippen molar-refractivity contribution in [1.82, 2.24) is 0 Å². The maximum absolute atomic E-state index is 10.8. The number of benzene rings is 1. The summed E-state index contributed by atoms with van der Waals surface area (Å²) in [7, 11) is 2.89. The Balaban J connectivity index is 2.81. The Morgan fingerprint density at radius 3 is 2.62 bits per heavy atom. The van der Waals surface area contributed by atoms with E-state index in [9.17, 15) is 4.79 Å². The molecule has 0 fully saturated rings. The van der Waals surface area contributed by atoms with Crippen LogP contribution in [0.2, 0.25) is 5.02 Å². The molecule has 1 aromatic carbocycles. The third kappa shape index (κ3) is 3.12. The predicted molar refractivity (Wildman–Crippen MR) is 60.1 cm³/mol. The summed E-state index contributed by atoms with van der Waals surface area (Å²) >= 11 is 5.92. The smallest absolute Gasteiger partial charge is 0.333 e. The lowest BCUT2D eigenvalue weighted by Gasteiger charge is -2.11. The Morgan fingerprint density at radius 2 is 2.19 bits per heavy atom. The first-order valence-electron chi connectivity index (χ1n) is 4.66. The van der Waals surface area contributed by atoms with Gasteiger partial charge in [-0.25, -0.2) is 4.79 Å². The zero-order valence-electron chi connectivity index (χ0n) is 9.07. The van der Waals surface area contributed by atoms with Crippen LogP contribution < -0.4 is 4.74 Å². The number of hydrogen-bond donors (Lipinski definition) is 1. The summed E-state index contributed by atoms with van der Waals surface area (Å²) in [6.07, 6.45) is -0.584. The topological polar surface area (TPSA) is 55.8 Å². The summed E-state index contributed by atoms with van der Waals surface area (Å²) in [5.41, 5.74) is 0.792. The lowest BCUT2D eigenvalue weighted by molar-refractivity contribution is -0.148. The number of rotatable bonds is 5. The van der Waals surface area contributed by atoms with E-state index in [0.717, 1.165) is 5.56 Å². The van der Waals surface area contributed by atoms with E-state index in [4.69, 9.17) is 26.2 Å². The van der Waals surface area contributed by atoms with Gasteiger partial charge < -0.3 is 14.6 Å². The maximum Gasteiger partial charge on any atom is 0.333 e. The van der Waals surface area contributed by atoms with Gasteiger partial charge in [-0.1, -0.05) is 17.7 Å². The van der Waals surface area contributed by atoms with E-state index < -0.39 is 12.1 Å². The van der Waals surface area contributed by atoms with Crippen molar-refractivity contribution in [2.24, 2.45) is 0 Å². The van der Waals surface area contributed by atoms with Crippen molar-refractivity contribution < 1.29 is 19.4 Å². The lowest BCUT2D eigenvalue weighted by Crippen LogP contribution is -2.24. The second kappa shape index (κ2) is 5.72. The highest BCUT2D eigenvalue weighted by molar-refractivity contribution is 6.32. The predicted octanol–water partition coefficient (Wildman–Crippen LogP) is 1.99. The SMILES string of the molecule is COc1ccc(C[C@@H](OC)C(=O)O)cc1Cl. The Kier molecular flexibility index (Phi) is 4.58. The molecule has 1 atom stereocenters. The second-order valence-corrected chi connectivity index (χ2v) is 3.64. The highest BCUT2D eigenvalue weighted by atomic mass is 35.5. The Labute approximate surface area is 98.7 Å². The van der Waals surface area contributed by atoms with Crippen molar-refractivity contribution >= 4 is 17.6 Å². The fourth-order valence-corrected chi connectivity index (χ4v) is 1.60. The average molecular weight is 245 g/mol. The monoisotopic (exact) mass is 244 g/mol. The first-order chi connectivity index (χ1) is 7.58. The van der Waals surface area contributed by atoms with Gasteiger partial charge in [0.15, 0.2) is 6.10 Å². The molecule has 0 radical (unpaired) electrons. The van der Waals surface area contributed by atoms with Crippen LogP contribution in [0.3, 0.4) is 0 Å². The van der Waals surface area contributed by atoms with Gasteiger partial charge in [0.25, 0.3) is 0 Å². The minimum absolute atomic E-state index is 0.273. The minimum Gasteiger partial charge on any atom is -0.495 e. The van der Waals surface area contributed by atoms with Crippen LogP contribution in [0.1, 0.15) is 5.56 Å². The molecule has 0 amide bonds. The number of carboxylic acid groups (broad SMARTS) is 1. The number of ether oxygens (including phenoxy) is 2. The van der Waals surface area contributed by atoms with E-state index in [1.54, 1.807) is 18.2 Å². The van der Waals surface area contributed by atoms with Crippen LogP contribution in [-0.4, -0.2) is 31.4 Å². The standard InChI is InChI=1S/C11H13ClO4/c1-15-9-4-3-7(5-8(9)12)6-10(16-2)11(13)14/h3-5,10H,6H2,1-2H3,(H,13,14)/t10-/m1/s1. The number of hydrogen-bond acceptors (Lipinski definition) is 3. The molecule has 0 unspecified atom stereocenters. The number of aliphatic carboxylic acids is 1. The van der Waals surface area contributed by atoms with Crippen LogP contribution in [-0.2, 0) is 16.0 Å². The van der Waals surface area contributed by atoms with Crippen LogP contribution in [0.4, 0.5) is 0 Å². The Hall–Kier alpha value is -1.26. The molecule has 0 heterocycles. The van der Waals surface area contributed by atoms with Gasteiger partial charge in [0.1, 0.15) is 5.75 Å². The van der Waals surface area contributed by atoms with Crippen LogP contribution in [0.15, 0.2) is 18.2 Å². The van der Waals surface area contributed by atoms with Gasteiger partial charge in [-0.2, -0.15) is 0 Å². The molecule has 1 N–H and O–H groups in total. The summed E-state index contributed by atoms with van der Waals surface area (Å²) < 4.78 is 9.84. The van der Waals surface area contributed by atoms with Crippen molar-refractivity contribution in [3.8, 4) is 5.75 Å². The van der Waals surface area contributed by atoms with Gasteiger partial charge in [-0.15, -0.1) is 0 Å². The van der Waals surface area contributed by atoms with Gasteiger partial charge in [-0.05, 0) is 17.7 Å².